The number of aromatic nitrogens is 1. The normalized spacial score (nSPS) is 18.9. The third-order valence-corrected chi connectivity index (χ3v) is 3.89. The van der Waals surface area contributed by atoms with E-state index < -0.39 is 0 Å². The minimum absolute atomic E-state index is 0.0695. The molecule has 1 saturated heterocycles. The molecular weight excluding hydrogens is 248 g/mol. The number of pyridine rings is 1. The number of nitrogens with one attached hydrogen (secondary N) is 1. The van der Waals surface area contributed by atoms with Gasteiger partial charge in [-0.3, -0.25) is 4.98 Å². The van der Waals surface area contributed by atoms with E-state index in [2.05, 4.69) is 17.4 Å². The molecule has 0 unspecified atom stereocenters. The van der Waals surface area contributed by atoms with Crippen molar-refractivity contribution < 1.29 is 5.11 Å². The zero-order valence-corrected chi connectivity index (χ0v) is 11.5. The SMILES string of the molecule is OCc1cccc(-c2cccc([C@@H]3CCCNC3)n2)c1. The molecule has 1 aliphatic heterocycles. The lowest BCUT2D eigenvalue weighted by atomic mass is 9.95. The number of aliphatic hydroxyl groups excluding tert-OH is 1. The van der Waals surface area contributed by atoms with Gasteiger partial charge in [-0.05, 0) is 43.1 Å². The minimum Gasteiger partial charge on any atom is -0.392 e. The third-order valence-electron chi connectivity index (χ3n) is 3.89. The van der Waals surface area contributed by atoms with Gasteiger partial charge in [-0.1, -0.05) is 24.3 Å². The molecule has 2 aromatic rings. The van der Waals surface area contributed by atoms with E-state index in [1.807, 2.05) is 30.3 Å². The number of hydrogen-bond acceptors (Lipinski definition) is 3. The van der Waals surface area contributed by atoms with Gasteiger partial charge in [0.05, 0.1) is 12.3 Å². The molecule has 0 amide bonds. The van der Waals surface area contributed by atoms with Crippen molar-refractivity contribution in [3.05, 3.63) is 53.7 Å². The minimum atomic E-state index is 0.0695. The molecule has 0 bridgehead atoms. The second kappa shape index (κ2) is 6.16. The summed E-state index contributed by atoms with van der Waals surface area (Å²) in [5.74, 6) is 0.518. The van der Waals surface area contributed by atoms with E-state index in [9.17, 15) is 5.11 Å². The van der Waals surface area contributed by atoms with Gasteiger partial charge in [0.25, 0.3) is 0 Å². The van der Waals surface area contributed by atoms with Crippen LogP contribution < -0.4 is 5.32 Å². The van der Waals surface area contributed by atoms with Gasteiger partial charge in [-0.2, -0.15) is 0 Å². The molecule has 1 fully saturated rings. The fraction of sp³-hybridized carbons (Fsp3) is 0.353. The van der Waals surface area contributed by atoms with E-state index in [-0.39, 0.29) is 6.61 Å². The van der Waals surface area contributed by atoms with Crippen LogP contribution in [-0.4, -0.2) is 23.2 Å². The molecule has 1 aromatic carbocycles. The Bertz CT molecular complexity index is 577. The molecule has 3 rings (SSSR count). The summed E-state index contributed by atoms with van der Waals surface area (Å²) in [6, 6.07) is 14.2. The zero-order valence-electron chi connectivity index (χ0n) is 11.5. The quantitative estimate of drug-likeness (QED) is 0.899. The van der Waals surface area contributed by atoms with Crippen molar-refractivity contribution in [1.82, 2.24) is 10.3 Å². The van der Waals surface area contributed by atoms with Crippen molar-refractivity contribution in [2.45, 2.75) is 25.4 Å². The summed E-state index contributed by atoms with van der Waals surface area (Å²) in [6.45, 7) is 2.21. The molecule has 0 saturated carbocycles. The lowest BCUT2D eigenvalue weighted by Crippen LogP contribution is -2.28. The van der Waals surface area contributed by atoms with E-state index >= 15 is 0 Å². The molecule has 0 spiro atoms. The van der Waals surface area contributed by atoms with Gasteiger partial charge >= 0.3 is 0 Å². The van der Waals surface area contributed by atoms with Gasteiger partial charge in [0.1, 0.15) is 0 Å². The number of piperidine rings is 1. The van der Waals surface area contributed by atoms with E-state index in [1.165, 1.54) is 18.5 Å². The topological polar surface area (TPSA) is 45.1 Å². The fourth-order valence-corrected chi connectivity index (χ4v) is 2.77. The van der Waals surface area contributed by atoms with Crippen molar-refractivity contribution in [1.29, 1.82) is 0 Å². The molecule has 3 heteroatoms. The van der Waals surface area contributed by atoms with E-state index in [1.54, 1.807) is 0 Å². The highest BCUT2D eigenvalue weighted by Crippen LogP contribution is 2.25. The van der Waals surface area contributed by atoms with Crippen molar-refractivity contribution >= 4 is 0 Å². The summed E-state index contributed by atoms with van der Waals surface area (Å²) >= 11 is 0. The second-order valence-corrected chi connectivity index (χ2v) is 5.35. The first-order chi connectivity index (χ1) is 9.86. The number of nitrogens with zero attached hydrogens (tertiary/aromatic N) is 1. The third kappa shape index (κ3) is 2.89. The highest BCUT2D eigenvalue weighted by atomic mass is 16.3. The van der Waals surface area contributed by atoms with Gasteiger partial charge in [0.15, 0.2) is 0 Å². The summed E-state index contributed by atoms with van der Waals surface area (Å²) in [5.41, 5.74) is 4.16. The average molecular weight is 268 g/mol. The highest BCUT2D eigenvalue weighted by molar-refractivity contribution is 5.60. The van der Waals surface area contributed by atoms with Crippen LogP contribution in [0.15, 0.2) is 42.5 Å². The molecule has 104 valence electrons. The van der Waals surface area contributed by atoms with Crippen LogP contribution in [0.1, 0.15) is 30.0 Å². The summed E-state index contributed by atoms with van der Waals surface area (Å²) in [5, 5.41) is 12.7. The molecule has 3 nitrogen and oxygen atoms in total. The Morgan fingerprint density at radius 3 is 2.90 bits per heavy atom. The Morgan fingerprint density at radius 1 is 1.20 bits per heavy atom. The highest BCUT2D eigenvalue weighted by Gasteiger charge is 2.16. The first kappa shape index (κ1) is 13.3. The number of rotatable bonds is 3. The maximum atomic E-state index is 9.24. The Morgan fingerprint density at radius 2 is 2.10 bits per heavy atom. The first-order valence-corrected chi connectivity index (χ1v) is 7.24. The van der Waals surface area contributed by atoms with Gasteiger partial charge in [0, 0.05) is 23.7 Å². The van der Waals surface area contributed by atoms with Gasteiger partial charge in [-0.15, -0.1) is 0 Å². The summed E-state index contributed by atoms with van der Waals surface area (Å²) in [7, 11) is 0. The molecule has 2 heterocycles. The van der Waals surface area contributed by atoms with E-state index in [0.717, 1.165) is 29.9 Å². The standard InChI is InChI=1S/C17H20N2O/c20-12-13-4-1-5-14(10-13)16-7-2-8-17(19-16)15-6-3-9-18-11-15/h1-2,4-5,7-8,10,15,18,20H,3,6,9,11-12H2/t15-/m1/s1. The molecule has 20 heavy (non-hydrogen) atoms. The molecule has 1 atom stereocenters. The summed E-state index contributed by atoms with van der Waals surface area (Å²) < 4.78 is 0. The van der Waals surface area contributed by atoms with Gasteiger partial charge in [-0.25, -0.2) is 0 Å². The molecular formula is C17H20N2O. The van der Waals surface area contributed by atoms with Crippen LogP contribution in [-0.2, 0) is 6.61 Å². The number of aliphatic hydroxyl groups is 1. The maximum absolute atomic E-state index is 9.24. The fourth-order valence-electron chi connectivity index (χ4n) is 2.77. The molecule has 0 radical (unpaired) electrons. The average Bonchev–Trinajstić information content (AvgIpc) is 2.56. The van der Waals surface area contributed by atoms with Crippen LogP contribution in [0, 0.1) is 0 Å². The first-order valence-electron chi connectivity index (χ1n) is 7.24. The number of hydrogen-bond donors (Lipinski definition) is 2. The Kier molecular flexibility index (Phi) is 4.09. The van der Waals surface area contributed by atoms with Crippen molar-refractivity contribution in [2.24, 2.45) is 0 Å². The molecule has 2 N–H and O–H groups in total. The van der Waals surface area contributed by atoms with Crippen molar-refractivity contribution in [3.63, 3.8) is 0 Å². The van der Waals surface area contributed by atoms with Gasteiger partial charge < -0.3 is 10.4 Å². The van der Waals surface area contributed by atoms with Crippen LogP contribution in [0.4, 0.5) is 0 Å². The van der Waals surface area contributed by atoms with Crippen LogP contribution in [0.2, 0.25) is 0 Å². The Balaban J connectivity index is 1.89. The van der Waals surface area contributed by atoms with Crippen LogP contribution in [0.5, 0.6) is 0 Å². The van der Waals surface area contributed by atoms with E-state index in [4.69, 9.17) is 4.98 Å². The van der Waals surface area contributed by atoms with Crippen LogP contribution >= 0.6 is 0 Å². The van der Waals surface area contributed by atoms with Crippen molar-refractivity contribution in [2.75, 3.05) is 13.1 Å². The Hall–Kier alpha value is -1.71. The predicted octanol–water partition coefficient (Wildman–Crippen LogP) is 2.71. The second-order valence-electron chi connectivity index (χ2n) is 5.35. The molecule has 1 aliphatic rings. The molecule has 0 aliphatic carbocycles. The lowest BCUT2D eigenvalue weighted by Gasteiger charge is -2.22. The Labute approximate surface area is 119 Å². The smallest absolute Gasteiger partial charge is 0.0705 e. The summed E-state index contributed by atoms with van der Waals surface area (Å²) in [6.07, 6.45) is 2.43. The van der Waals surface area contributed by atoms with Crippen LogP contribution in [0.25, 0.3) is 11.3 Å². The predicted molar refractivity (Wildman–Crippen MR) is 80.4 cm³/mol. The maximum Gasteiger partial charge on any atom is 0.0705 e. The number of benzene rings is 1. The molecule has 1 aromatic heterocycles. The van der Waals surface area contributed by atoms with Gasteiger partial charge in [0.2, 0.25) is 0 Å². The van der Waals surface area contributed by atoms with Crippen molar-refractivity contribution in [3.8, 4) is 11.3 Å². The largest absolute Gasteiger partial charge is 0.392 e. The van der Waals surface area contributed by atoms with E-state index in [0.29, 0.717) is 5.92 Å². The zero-order chi connectivity index (χ0) is 13.8. The monoisotopic (exact) mass is 268 g/mol. The lowest BCUT2D eigenvalue weighted by molar-refractivity contribution is 0.282. The van der Waals surface area contributed by atoms with Crippen LogP contribution in [0.3, 0.4) is 0 Å². The summed E-state index contributed by atoms with van der Waals surface area (Å²) in [4.78, 5) is 4.82.